The summed E-state index contributed by atoms with van der Waals surface area (Å²) < 4.78 is 32.3. The van der Waals surface area contributed by atoms with E-state index in [0.717, 1.165) is 50.3 Å². The zero-order valence-electron chi connectivity index (χ0n) is 16.8. The molecule has 0 radical (unpaired) electrons. The standard InChI is InChI=1S/C19H32N4O3S.HI/c1-3-20-19(21-12-7-8-15-26-4-2)22-13-16-27(24,25)23-14-11-17-9-5-6-10-18(17)23;/h5-6,9-10H,3-4,7-8,11-16H2,1-2H3,(H2,20,21,22);1H. The Balaban J connectivity index is 0.00000392. The Kier molecular flexibility index (Phi) is 11.8. The Morgan fingerprint density at radius 1 is 1.21 bits per heavy atom. The zero-order chi connectivity index (χ0) is 19.5. The highest BCUT2D eigenvalue weighted by atomic mass is 127. The molecule has 2 rings (SSSR count). The third-order valence-electron chi connectivity index (χ3n) is 4.35. The smallest absolute Gasteiger partial charge is 0.236 e. The number of unbranched alkanes of at least 4 members (excludes halogenated alkanes) is 1. The molecule has 0 unspecified atom stereocenters. The van der Waals surface area contributed by atoms with Crippen molar-refractivity contribution in [2.24, 2.45) is 4.99 Å². The van der Waals surface area contributed by atoms with Crippen molar-refractivity contribution in [1.82, 2.24) is 10.6 Å². The highest BCUT2D eigenvalue weighted by Crippen LogP contribution is 2.29. The maximum absolute atomic E-state index is 12.7. The van der Waals surface area contributed by atoms with E-state index in [2.05, 4.69) is 15.6 Å². The van der Waals surface area contributed by atoms with Crippen molar-refractivity contribution in [3.8, 4) is 0 Å². The highest BCUT2D eigenvalue weighted by Gasteiger charge is 2.28. The molecule has 0 saturated heterocycles. The third kappa shape index (κ3) is 7.75. The second kappa shape index (κ2) is 13.2. The fourth-order valence-electron chi connectivity index (χ4n) is 3.00. The van der Waals surface area contributed by atoms with Crippen LogP contribution in [0.2, 0.25) is 0 Å². The van der Waals surface area contributed by atoms with Gasteiger partial charge in [-0.3, -0.25) is 9.30 Å². The molecule has 1 aromatic rings. The molecule has 2 N–H and O–H groups in total. The van der Waals surface area contributed by atoms with Gasteiger partial charge in [-0.2, -0.15) is 0 Å². The van der Waals surface area contributed by atoms with E-state index in [0.29, 0.717) is 25.6 Å². The molecule has 0 fully saturated rings. The Hall–Kier alpha value is -1.07. The van der Waals surface area contributed by atoms with Crippen LogP contribution in [0.5, 0.6) is 0 Å². The number of halogens is 1. The summed E-state index contributed by atoms with van der Waals surface area (Å²) in [5.41, 5.74) is 1.91. The number of para-hydroxylation sites is 1. The molecule has 7 nitrogen and oxygen atoms in total. The van der Waals surface area contributed by atoms with E-state index in [1.165, 1.54) is 4.31 Å². The van der Waals surface area contributed by atoms with E-state index in [9.17, 15) is 8.42 Å². The van der Waals surface area contributed by atoms with Crippen molar-refractivity contribution in [3.05, 3.63) is 29.8 Å². The van der Waals surface area contributed by atoms with Crippen LogP contribution in [0, 0.1) is 0 Å². The van der Waals surface area contributed by atoms with Crippen LogP contribution >= 0.6 is 24.0 Å². The molecule has 0 aliphatic carbocycles. The van der Waals surface area contributed by atoms with Gasteiger partial charge in [0, 0.05) is 39.4 Å². The van der Waals surface area contributed by atoms with Gasteiger partial charge < -0.3 is 15.4 Å². The summed E-state index contributed by atoms with van der Waals surface area (Å²) in [7, 11) is -3.35. The lowest BCUT2D eigenvalue weighted by Crippen LogP contribution is -2.42. The van der Waals surface area contributed by atoms with Gasteiger partial charge in [-0.1, -0.05) is 18.2 Å². The van der Waals surface area contributed by atoms with Crippen LogP contribution in [0.25, 0.3) is 0 Å². The van der Waals surface area contributed by atoms with E-state index in [1.807, 2.05) is 38.1 Å². The second-order valence-corrected chi connectivity index (χ2v) is 8.37. The first kappa shape index (κ1) is 25.0. The number of guanidine groups is 1. The van der Waals surface area contributed by atoms with Crippen LogP contribution in [0.4, 0.5) is 5.69 Å². The van der Waals surface area contributed by atoms with E-state index in [1.54, 1.807) is 0 Å². The Labute approximate surface area is 186 Å². The van der Waals surface area contributed by atoms with E-state index in [4.69, 9.17) is 4.74 Å². The van der Waals surface area contributed by atoms with Gasteiger partial charge in [0.05, 0.1) is 11.4 Å². The quantitative estimate of drug-likeness (QED) is 0.201. The molecule has 1 aliphatic rings. The molecule has 28 heavy (non-hydrogen) atoms. The average molecular weight is 524 g/mol. The number of rotatable bonds is 11. The maximum Gasteiger partial charge on any atom is 0.236 e. The fourth-order valence-corrected chi connectivity index (χ4v) is 4.43. The van der Waals surface area contributed by atoms with Crippen LogP contribution in [-0.4, -0.2) is 59.5 Å². The lowest BCUT2D eigenvalue weighted by Gasteiger charge is -2.20. The number of nitrogens with one attached hydrogen (secondary N) is 2. The summed E-state index contributed by atoms with van der Waals surface area (Å²) in [6.07, 6.45) is 2.69. The van der Waals surface area contributed by atoms with E-state index < -0.39 is 10.0 Å². The van der Waals surface area contributed by atoms with Crippen LogP contribution in [0.1, 0.15) is 32.3 Å². The Morgan fingerprint density at radius 3 is 2.75 bits per heavy atom. The number of benzene rings is 1. The maximum atomic E-state index is 12.7. The number of anilines is 1. The molecule has 0 spiro atoms. The van der Waals surface area contributed by atoms with Gasteiger partial charge >= 0.3 is 0 Å². The van der Waals surface area contributed by atoms with Gasteiger partial charge in [0.25, 0.3) is 0 Å². The second-order valence-electron chi connectivity index (χ2n) is 6.36. The molecule has 0 bridgehead atoms. The summed E-state index contributed by atoms with van der Waals surface area (Å²) in [6.45, 7) is 7.74. The first-order valence-electron chi connectivity index (χ1n) is 9.76. The lowest BCUT2D eigenvalue weighted by molar-refractivity contribution is 0.144. The number of ether oxygens (including phenoxy) is 1. The number of hydrogen-bond donors (Lipinski definition) is 2. The average Bonchev–Trinajstić information content (AvgIpc) is 3.09. The van der Waals surface area contributed by atoms with Crippen molar-refractivity contribution in [3.63, 3.8) is 0 Å². The van der Waals surface area contributed by atoms with Crippen LogP contribution < -0.4 is 14.9 Å². The molecule has 0 aromatic heterocycles. The molecule has 0 atom stereocenters. The van der Waals surface area contributed by atoms with Gasteiger partial charge in [-0.05, 0) is 44.7 Å². The SMILES string of the molecule is CCNC(=NCCCCOCC)NCCS(=O)(=O)N1CCc2ccccc21.I. The van der Waals surface area contributed by atoms with Gasteiger partial charge in [0.15, 0.2) is 5.96 Å². The van der Waals surface area contributed by atoms with Crippen molar-refractivity contribution < 1.29 is 13.2 Å². The number of nitrogens with zero attached hydrogens (tertiary/aromatic N) is 2. The van der Waals surface area contributed by atoms with Crippen molar-refractivity contribution in [2.45, 2.75) is 33.1 Å². The highest BCUT2D eigenvalue weighted by molar-refractivity contribution is 14.0. The molecular weight excluding hydrogens is 491 g/mol. The molecule has 1 heterocycles. The predicted octanol–water partition coefficient (Wildman–Crippen LogP) is 2.37. The van der Waals surface area contributed by atoms with Gasteiger partial charge in [0.1, 0.15) is 0 Å². The monoisotopic (exact) mass is 524 g/mol. The minimum Gasteiger partial charge on any atom is -0.382 e. The van der Waals surface area contributed by atoms with Crippen molar-refractivity contribution >= 4 is 45.6 Å². The van der Waals surface area contributed by atoms with Crippen LogP contribution in [-0.2, 0) is 21.2 Å². The number of hydrogen-bond acceptors (Lipinski definition) is 4. The van der Waals surface area contributed by atoms with Gasteiger partial charge in [0.2, 0.25) is 10.0 Å². The molecule has 0 saturated carbocycles. The summed E-state index contributed by atoms with van der Waals surface area (Å²) in [5, 5.41) is 6.28. The normalized spacial score (nSPS) is 13.8. The molecule has 0 amide bonds. The van der Waals surface area contributed by atoms with Gasteiger partial charge in [-0.25, -0.2) is 8.42 Å². The lowest BCUT2D eigenvalue weighted by atomic mass is 10.2. The number of fused-ring (bicyclic) bond motifs is 1. The predicted molar refractivity (Wildman–Crippen MR) is 126 cm³/mol. The fraction of sp³-hybridized carbons (Fsp3) is 0.632. The molecule has 1 aromatic carbocycles. The van der Waals surface area contributed by atoms with Crippen molar-refractivity contribution in [2.75, 3.05) is 49.5 Å². The van der Waals surface area contributed by atoms with Crippen LogP contribution in [0.3, 0.4) is 0 Å². The van der Waals surface area contributed by atoms with E-state index in [-0.39, 0.29) is 29.7 Å². The van der Waals surface area contributed by atoms with Gasteiger partial charge in [-0.15, -0.1) is 24.0 Å². The molecule has 9 heteroatoms. The summed E-state index contributed by atoms with van der Waals surface area (Å²) in [5.74, 6) is 0.696. The summed E-state index contributed by atoms with van der Waals surface area (Å²) >= 11 is 0. The topological polar surface area (TPSA) is 83.0 Å². The Bertz CT molecular complexity index is 713. The third-order valence-corrected chi connectivity index (χ3v) is 6.12. The molecule has 160 valence electrons. The van der Waals surface area contributed by atoms with Crippen LogP contribution in [0.15, 0.2) is 29.3 Å². The Morgan fingerprint density at radius 2 is 2.00 bits per heavy atom. The van der Waals surface area contributed by atoms with E-state index >= 15 is 0 Å². The summed E-state index contributed by atoms with van der Waals surface area (Å²) in [4.78, 5) is 4.49. The zero-order valence-corrected chi connectivity index (χ0v) is 20.0. The molecule has 1 aliphatic heterocycles. The minimum atomic E-state index is -3.35. The molecular formula is C19H33IN4O3S. The largest absolute Gasteiger partial charge is 0.382 e. The first-order valence-corrected chi connectivity index (χ1v) is 11.4. The number of aliphatic imine (C=N–C) groups is 1. The minimum absolute atomic E-state index is 0. The summed E-state index contributed by atoms with van der Waals surface area (Å²) in [6, 6.07) is 7.70. The first-order chi connectivity index (χ1) is 13.1. The number of sulfonamides is 1. The van der Waals surface area contributed by atoms with Crippen molar-refractivity contribution in [1.29, 1.82) is 0 Å².